The number of amides is 2. The van der Waals surface area contributed by atoms with Gasteiger partial charge in [-0.15, -0.1) is 0 Å². The van der Waals surface area contributed by atoms with E-state index < -0.39 is 0 Å². The quantitative estimate of drug-likeness (QED) is 0.617. The van der Waals surface area contributed by atoms with Crippen molar-refractivity contribution in [1.29, 1.82) is 0 Å². The Morgan fingerprint density at radius 3 is 2.15 bits per heavy atom. The van der Waals surface area contributed by atoms with Gasteiger partial charge < -0.3 is 15.7 Å². The molecular formula is C14H18N2O4. The lowest BCUT2D eigenvalue weighted by Gasteiger charge is -2.06. The van der Waals surface area contributed by atoms with Gasteiger partial charge in [0.05, 0.1) is 6.61 Å². The first-order valence-corrected chi connectivity index (χ1v) is 6.31. The Labute approximate surface area is 117 Å². The van der Waals surface area contributed by atoms with Crippen LogP contribution in [0.2, 0.25) is 0 Å². The lowest BCUT2D eigenvalue weighted by atomic mass is 10.1. The molecule has 0 heterocycles. The van der Waals surface area contributed by atoms with E-state index in [4.69, 9.17) is 5.11 Å². The van der Waals surface area contributed by atoms with Crippen LogP contribution < -0.4 is 10.6 Å². The second kappa shape index (κ2) is 8.06. The molecule has 0 aliphatic heterocycles. The van der Waals surface area contributed by atoms with E-state index in [2.05, 4.69) is 10.6 Å². The third kappa shape index (κ3) is 5.19. The monoisotopic (exact) mass is 278 g/mol. The summed E-state index contributed by atoms with van der Waals surface area (Å²) in [6, 6.07) is 6.31. The molecule has 0 saturated heterocycles. The van der Waals surface area contributed by atoms with E-state index in [-0.39, 0.29) is 43.7 Å². The Balaban J connectivity index is 2.39. The molecule has 108 valence electrons. The number of rotatable bonds is 7. The molecule has 3 N–H and O–H groups in total. The first-order chi connectivity index (χ1) is 9.54. The van der Waals surface area contributed by atoms with Gasteiger partial charge in [-0.25, -0.2) is 0 Å². The lowest BCUT2D eigenvalue weighted by molar-refractivity contribution is -0.121. The summed E-state index contributed by atoms with van der Waals surface area (Å²) < 4.78 is 0. The zero-order valence-electron chi connectivity index (χ0n) is 11.3. The fourth-order valence-corrected chi connectivity index (χ4v) is 1.53. The van der Waals surface area contributed by atoms with Crippen molar-refractivity contribution in [3.05, 3.63) is 35.4 Å². The summed E-state index contributed by atoms with van der Waals surface area (Å²) in [5.74, 6) is -0.584. The zero-order chi connectivity index (χ0) is 15.0. The number of aliphatic hydroxyl groups excluding tert-OH is 1. The Hall–Kier alpha value is -2.21. The fraction of sp³-hybridized carbons (Fsp3) is 0.357. The molecule has 0 aromatic heterocycles. The molecule has 20 heavy (non-hydrogen) atoms. The van der Waals surface area contributed by atoms with Gasteiger partial charge in [0.25, 0.3) is 5.91 Å². The van der Waals surface area contributed by atoms with Gasteiger partial charge in [-0.1, -0.05) is 12.1 Å². The van der Waals surface area contributed by atoms with E-state index in [1.807, 2.05) is 0 Å². The summed E-state index contributed by atoms with van der Waals surface area (Å²) in [6.07, 6.45) is 0.150. The van der Waals surface area contributed by atoms with E-state index in [0.717, 1.165) is 0 Å². The molecule has 1 rings (SSSR count). The van der Waals surface area contributed by atoms with Crippen LogP contribution >= 0.6 is 0 Å². The number of hydrogen-bond donors (Lipinski definition) is 3. The summed E-state index contributed by atoms with van der Waals surface area (Å²) in [5, 5.41) is 13.6. The van der Waals surface area contributed by atoms with Crippen LogP contribution in [0.25, 0.3) is 0 Å². The van der Waals surface area contributed by atoms with Crippen LogP contribution in [0.1, 0.15) is 34.1 Å². The molecule has 6 heteroatoms. The molecule has 0 unspecified atom stereocenters. The summed E-state index contributed by atoms with van der Waals surface area (Å²) >= 11 is 0. The molecule has 0 aliphatic carbocycles. The standard InChI is InChI=1S/C14H18N2O4/c1-10(18)11-2-4-12(5-3-11)14(20)16-7-6-13(19)15-8-9-17/h2-5,17H,6-9H2,1H3,(H,15,19)(H,16,20). The van der Waals surface area contributed by atoms with Crippen molar-refractivity contribution in [1.82, 2.24) is 10.6 Å². The SMILES string of the molecule is CC(=O)c1ccc(C(=O)NCCC(=O)NCCO)cc1. The van der Waals surface area contributed by atoms with E-state index in [1.165, 1.54) is 6.92 Å². The van der Waals surface area contributed by atoms with Crippen molar-refractivity contribution in [2.24, 2.45) is 0 Å². The van der Waals surface area contributed by atoms with Crippen molar-refractivity contribution < 1.29 is 19.5 Å². The molecule has 0 fully saturated rings. The Bertz CT molecular complexity index is 482. The fourth-order valence-electron chi connectivity index (χ4n) is 1.53. The minimum atomic E-state index is -0.296. The van der Waals surface area contributed by atoms with E-state index in [1.54, 1.807) is 24.3 Å². The second-order valence-electron chi connectivity index (χ2n) is 4.21. The maximum atomic E-state index is 11.8. The highest BCUT2D eigenvalue weighted by molar-refractivity contribution is 5.97. The van der Waals surface area contributed by atoms with Crippen LogP contribution in [0.4, 0.5) is 0 Å². The number of carbonyl (C=O) groups excluding carboxylic acids is 3. The van der Waals surface area contributed by atoms with Crippen LogP contribution in [0, 0.1) is 0 Å². The molecule has 1 aromatic rings. The van der Waals surface area contributed by atoms with Gasteiger partial charge in [0, 0.05) is 30.6 Å². The van der Waals surface area contributed by atoms with E-state index in [0.29, 0.717) is 11.1 Å². The van der Waals surface area contributed by atoms with Crippen molar-refractivity contribution in [3.8, 4) is 0 Å². The highest BCUT2D eigenvalue weighted by Crippen LogP contribution is 2.05. The molecule has 6 nitrogen and oxygen atoms in total. The summed E-state index contributed by atoms with van der Waals surface area (Å²) in [6.45, 7) is 1.77. The normalized spacial score (nSPS) is 9.90. The largest absolute Gasteiger partial charge is 0.395 e. The number of nitrogens with one attached hydrogen (secondary N) is 2. The average molecular weight is 278 g/mol. The molecule has 0 atom stereocenters. The predicted molar refractivity (Wildman–Crippen MR) is 73.5 cm³/mol. The van der Waals surface area contributed by atoms with Crippen molar-refractivity contribution in [3.63, 3.8) is 0 Å². The van der Waals surface area contributed by atoms with Gasteiger partial charge in [-0.2, -0.15) is 0 Å². The third-order valence-corrected chi connectivity index (χ3v) is 2.63. The minimum Gasteiger partial charge on any atom is -0.395 e. The zero-order valence-corrected chi connectivity index (χ0v) is 11.3. The Morgan fingerprint density at radius 2 is 1.60 bits per heavy atom. The molecule has 0 aliphatic rings. The number of ketones is 1. The maximum Gasteiger partial charge on any atom is 0.251 e. The van der Waals surface area contributed by atoms with Crippen LogP contribution in [-0.4, -0.2) is 42.4 Å². The first kappa shape index (κ1) is 15.8. The smallest absolute Gasteiger partial charge is 0.251 e. The maximum absolute atomic E-state index is 11.8. The average Bonchev–Trinajstić information content (AvgIpc) is 2.45. The molecular weight excluding hydrogens is 260 g/mol. The first-order valence-electron chi connectivity index (χ1n) is 6.31. The predicted octanol–water partition coefficient (Wildman–Crippen LogP) is 0.118. The van der Waals surface area contributed by atoms with Crippen LogP contribution in [0.5, 0.6) is 0 Å². The van der Waals surface area contributed by atoms with Gasteiger partial charge in [0.2, 0.25) is 5.91 Å². The number of carbonyl (C=O) groups is 3. The molecule has 0 saturated carbocycles. The highest BCUT2D eigenvalue weighted by atomic mass is 16.3. The highest BCUT2D eigenvalue weighted by Gasteiger charge is 2.07. The van der Waals surface area contributed by atoms with Crippen LogP contribution in [0.15, 0.2) is 24.3 Å². The van der Waals surface area contributed by atoms with Gasteiger partial charge in [0.1, 0.15) is 0 Å². The second-order valence-corrected chi connectivity index (χ2v) is 4.21. The van der Waals surface area contributed by atoms with E-state index >= 15 is 0 Å². The lowest BCUT2D eigenvalue weighted by Crippen LogP contribution is -2.32. The summed E-state index contributed by atoms with van der Waals surface area (Å²) in [4.78, 5) is 34.1. The Morgan fingerprint density at radius 1 is 1.00 bits per heavy atom. The van der Waals surface area contributed by atoms with Gasteiger partial charge >= 0.3 is 0 Å². The summed E-state index contributed by atoms with van der Waals surface area (Å²) in [7, 11) is 0. The van der Waals surface area contributed by atoms with Crippen molar-refractivity contribution >= 4 is 17.6 Å². The molecule has 2 amide bonds. The van der Waals surface area contributed by atoms with Crippen molar-refractivity contribution in [2.75, 3.05) is 19.7 Å². The Kier molecular flexibility index (Phi) is 6.39. The number of hydrogen-bond acceptors (Lipinski definition) is 4. The summed E-state index contributed by atoms with van der Waals surface area (Å²) in [5.41, 5.74) is 0.982. The van der Waals surface area contributed by atoms with E-state index in [9.17, 15) is 14.4 Å². The van der Waals surface area contributed by atoms with Crippen molar-refractivity contribution in [2.45, 2.75) is 13.3 Å². The minimum absolute atomic E-state index is 0.0579. The number of Topliss-reactive ketones (excluding diaryl/α,β-unsaturated/α-hetero) is 1. The van der Waals surface area contributed by atoms with Gasteiger partial charge in [-0.3, -0.25) is 14.4 Å². The molecule has 1 aromatic carbocycles. The molecule has 0 spiro atoms. The molecule has 0 radical (unpaired) electrons. The third-order valence-electron chi connectivity index (χ3n) is 2.63. The van der Waals surface area contributed by atoms with Gasteiger partial charge in [0.15, 0.2) is 5.78 Å². The molecule has 0 bridgehead atoms. The van der Waals surface area contributed by atoms with Crippen LogP contribution in [0.3, 0.4) is 0 Å². The van der Waals surface area contributed by atoms with Crippen LogP contribution in [-0.2, 0) is 4.79 Å². The van der Waals surface area contributed by atoms with Gasteiger partial charge in [-0.05, 0) is 19.1 Å². The number of benzene rings is 1. The topological polar surface area (TPSA) is 95.5 Å². The number of aliphatic hydroxyl groups is 1.